The van der Waals surface area contributed by atoms with Gasteiger partial charge < -0.3 is 20.5 Å². The molecule has 0 saturated heterocycles. The Morgan fingerprint density at radius 3 is 2.65 bits per heavy atom. The number of rotatable bonds is 6. The second-order valence-electron chi connectivity index (χ2n) is 3.68. The van der Waals surface area contributed by atoms with Gasteiger partial charge in [-0.15, -0.1) is 0 Å². The average Bonchev–Trinajstić information content (AvgIpc) is 2.34. The molecule has 0 bridgehead atoms. The molecule has 5 heteroatoms. The average molecular weight is 238 g/mol. The number of amides is 1. The van der Waals surface area contributed by atoms with Crippen LogP contribution in [0.4, 0.5) is 0 Å². The fourth-order valence-electron chi connectivity index (χ4n) is 1.54. The van der Waals surface area contributed by atoms with Crippen LogP contribution in [0, 0.1) is 0 Å². The molecule has 0 heterocycles. The summed E-state index contributed by atoms with van der Waals surface area (Å²) in [5.74, 6) is 1.06. The van der Waals surface area contributed by atoms with Gasteiger partial charge in [-0.25, -0.2) is 0 Å². The Hall–Kier alpha value is -1.75. The normalized spacial score (nSPS) is 11.9. The van der Waals surface area contributed by atoms with Gasteiger partial charge in [0.1, 0.15) is 11.5 Å². The summed E-state index contributed by atoms with van der Waals surface area (Å²) in [6.07, 6.45) is 0. The number of nitrogens with two attached hydrogens (primary N) is 1. The third-order valence-corrected chi connectivity index (χ3v) is 2.49. The van der Waals surface area contributed by atoms with Gasteiger partial charge in [0.25, 0.3) is 0 Å². The first-order chi connectivity index (χ1) is 8.08. The monoisotopic (exact) mass is 238 g/mol. The van der Waals surface area contributed by atoms with E-state index >= 15 is 0 Å². The van der Waals surface area contributed by atoms with E-state index in [9.17, 15) is 4.79 Å². The van der Waals surface area contributed by atoms with Crippen molar-refractivity contribution >= 4 is 5.91 Å². The number of nitrogens with one attached hydrogen (secondary N) is 1. The molecule has 0 aliphatic heterocycles. The third-order valence-electron chi connectivity index (χ3n) is 2.49. The Kier molecular flexibility index (Phi) is 4.78. The smallest absolute Gasteiger partial charge is 0.231 e. The summed E-state index contributed by atoms with van der Waals surface area (Å²) in [6, 6.07) is 5.53. The number of methoxy groups -OCH3 is 2. The van der Waals surface area contributed by atoms with E-state index < -0.39 is 0 Å². The van der Waals surface area contributed by atoms with Gasteiger partial charge in [-0.3, -0.25) is 4.79 Å². The molecule has 1 aromatic carbocycles. The lowest BCUT2D eigenvalue weighted by Gasteiger charge is -2.17. The van der Waals surface area contributed by atoms with Gasteiger partial charge in [0.05, 0.1) is 20.8 Å². The van der Waals surface area contributed by atoms with Crippen molar-refractivity contribution in [2.75, 3.05) is 20.8 Å². The molecule has 1 atom stereocenters. The highest BCUT2D eigenvalue weighted by Gasteiger charge is 2.12. The van der Waals surface area contributed by atoms with Crippen LogP contribution in [0.25, 0.3) is 0 Å². The largest absolute Gasteiger partial charge is 0.497 e. The molecule has 1 unspecified atom stereocenters. The van der Waals surface area contributed by atoms with Crippen molar-refractivity contribution < 1.29 is 14.3 Å². The standard InChI is InChI=1S/C12H18N2O3/c1-8(14-7-12(13)15)10-5-4-9(16-2)6-11(10)17-3/h4-6,8,14H,7H2,1-3H3,(H2,13,15). The minimum absolute atomic E-state index is 0.0247. The molecule has 17 heavy (non-hydrogen) atoms. The summed E-state index contributed by atoms with van der Waals surface area (Å²) in [6.45, 7) is 2.07. The van der Waals surface area contributed by atoms with Gasteiger partial charge in [0.15, 0.2) is 0 Å². The van der Waals surface area contributed by atoms with E-state index in [0.29, 0.717) is 5.75 Å². The van der Waals surface area contributed by atoms with Gasteiger partial charge in [0.2, 0.25) is 5.91 Å². The molecule has 94 valence electrons. The fraction of sp³-hybridized carbons (Fsp3) is 0.417. The van der Waals surface area contributed by atoms with Crippen molar-refractivity contribution in [1.29, 1.82) is 0 Å². The van der Waals surface area contributed by atoms with E-state index in [1.54, 1.807) is 20.3 Å². The van der Waals surface area contributed by atoms with Crippen molar-refractivity contribution in [1.82, 2.24) is 5.32 Å². The van der Waals surface area contributed by atoms with Crippen LogP contribution in [0.2, 0.25) is 0 Å². The Bertz CT molecular complexity index is 393. The van der Waals surface area contributed by atoms with Crippen LogP contribution in [0.3, 0.4) is 0 Å². The molecule has 5 nitrogen and oxygen atoms in total. The molecule has 0 aromatic heterocycles. The summed E-state index contributed by atoms with van der Waals surface area (Å²) in [5.41, 5.74) is 6.04. The number of carbonyl (C=O) groups is 1. The number of ether oxygens (including phenoxy) is 2. The predicted molar refractivity (Wildman–Crippen MR) is 65.2 cm³/mol. The van der Waals surface area contributed by atoms with Crippen molar-refractivity contribution in [2.24, 2.45) is 5.73 Å². The lowest BCUT2D eigenvalue weighted by Crippen LogP contribution is -2.30. The van der Waals surface area contributed by atoms with Crippen LogP contribution in [0.5, 0.6) is 11.5 Å². The zero-order valence-electron chi connectivity index (χ0n) is 10.3. The van der Waals surface area contributed by atoms with Crippen LogP contribution in [0.15, 0.2) is 18.2 Å². The van der Waals surface area contributed by atoms with Crippen LogP contribution < -0.4 is 20.5 Å². The molecule has 3 N–H and O–H groups in total. The van der Waals surface area contributed by atoms with E-state index in [-0.39, 0.29) is 18.5 Å². The third kappa shape index (κ3) is 3.64. The maximum absolute atomic E-state index is 10.7. The summed E-state index contributed by atoms with van der Waals surface area (Å²) < 4.78 is 10.4. The molecule has 0 spiro atoms. The number of hydrogen-bond acceptors (Lipinski definition) is 4. The molecule has 0 radical (unpaired) electrons. The van der Waals surface area contributed by atoms with E-state index in [2.05, 4.69) is 5.32 Å². The second kappa shape index (κ2) is 6.10. The number of hydrogen-bond donors (Lipinski definition) is 2. The van der Waals surface area contributed by atoms with Crippen LogP contribution in [0.1, 0.15) is 18.5 Å². The Morgan fingerprint density at radius 2 is 2.12 bits per heavy atom. The number of primary amides is 1. The van der Waals surface area contributed by atoms with Crippen LogP contribution in [-0.2, 0) is 4.79 Å². The zero-order chi connectivity index (χ0) is 12.8. The zero-order valence-corrected chi connectivity index (χ0v) is 10.3. The molecular formula is C12H18N2O3. The lowest BCUT2D eigenvalue weighted by atomic mass is 10.1. The number of carbonyl (C=O) groups excluding carboxylic acids is 1. The highest BCUT2D eigenvalue weighted by atomic mass is 16.5. The van der Waals surface area contributed by atoms with Crippen LogP contribution in [-0.4, -0.2) is 26.7 Å². The maximum Gasteiger partial charge on any atom is 0.231 e. The topological polar surface area (TPSA) is 73.6 Å². The van der Waals surface area contributed by atoms with E-state index in [4.69, 9.17) is 15.2 Å². The van der Waals surface area contributed by atoms with Crippen molar-refractivity contribution in [3.8, 4) is 11.5 Å². The Morgan fingerprint density at radius 1 is 1.41 bits per heavy atom. The van der Waals surface area contributed by atoms with E-state index in [1.807, 2.05) is 19.1 Å². The Labute approximate surface area is 101 Å². The summed E-state index contributed by atoms with van der Waals surface area (Å²) >= 11 is 0. The first kappa shape index (κ1) is 13.3. The van der Waals surface area contributed by atoms with Gasteiger partial charge in [-0.1, -0.05) is 6.07 Å². The molecule has 1 amide bonds. The molecule has 0 saturated carbocycles. The van der Waals surface area contributed by atoms with Gasteiger partial charge in [-0.05, 0) is 13.0 Å². The molecule has 0 fully saturated rings. The summed E-state index contributed by atoms with van der Waals surface area (Å²) in [5, 5.41) is 3.02. The first-order valence-electron chi connectivity index (χ1n) is 5.32. The SMILES string of the molecule is COc1ccc(C(C)NCC(N)=O)c(OC)c1. The highest BCUT2D eigenvalue weighted by Crippen LogP contribution is 2.29. The highest BCUT2D eigenvalue weighted by molar-refractivity contribution is 5.75. The van der Waals surface area contributed by atoms with E-state index in [1.165, 1.54) is 0 Å². The first-order valence-corrected chi connectivity index (χ1v) is 5.32. The van der Waals surface area contributed by atoms with E-state index in [0.717, 1.165) is 11.3 Å². The second-order valence-corrected chi connectivity index (χ2v) is 3.68. The van der Waals surface area contributed by atoms with Crippen molar-refractivity contribution in [3.05, 3.63) is 23.8 Å². The van der Waals surface area contributed by atoms with Gasteiger partial charge in [0, 0.05) is 17.7 Å². The van der Waals surface area contributed by atoms with Gasteiger partial charge in [-0.2, -0.15) is 0 Å². The maximum atomic E-state index is 10.7. The summed E-state index contributed by atoms with van der Waals surface area (Å²) in [7, 11) is 3.20. The molecule has 0 aliphatic carbocycles. The summed E-state index contributed by atoms with van der Waals surface area (Å²) in [4.78, 5) is 10.7. The molecule has 0 aliphatic rings. The van der Waals surface area contributed by atoms with Crippen LogP contribution >= 0.6 is 0 Å². The van der Waals surface area contributed by atoms with Gasteiger partial charge >= 0.3 is 0 Å². The minimum Gasteiger partial charge on any atom is -0.497 e. The quantitative estimate of drug-likeness (QED) is 0.770. The lowest BCUT2D eigenvalue weighted by molar-refractivity contribution is -0.117. The predicted octanol–water partition coefficient (Wildman–Crippen LogP) is 0.840. The number of benzene rings is 1. The molecule has 1 aromatic rings. The molecule has 1 rings (SSSR count). The molecular weight excluding hydrogens is 220 g/mol. The fourth-order valence-corrected chi connectivity index (χ4v) is 1.54. The van der Waals surface area contributed by atoms with Crippen molar-refractivity contribution in [3.63, 3.8) is 0 Å². The minimum atomic E-state index is -0.385. The van der Waals surface area contributed by atoms with Crippen molar-refractivity contribution in [2.45, 2.75) is 13.0 Å². The Balaban J connectivity index is 2.84.